The number of rotatable bonds is 5. The van der Waals surface area contributed by atoms with Crippen molar-refractivity contribution in [3.05, 3.63) is 83.4 Å². The molecule has 3 aromatic rings. The van der Waals surface area contributed by atoms with Crippen molar-refractivity contribution < 1.29 is 5.11 Å². The van der Waals surface area contributed by atoms with Gasteiger partial charge in [-0.3, -0.25) is 4.90 Å². The molecule has 3 heteroatoms. The molecule has 0 aromatic heterocycles. The summed E-state index contributed by atoms with van der Waals surface area (Å²) in [5, 5.41) is 12.4. The van der Waals surface area contributed by atoms with Gasteiger partial charge in [-0.15, -0.1) is 12.4 Å². The molecule has 0 radical (unpaired) electrons. The zero-order valence-corrected chi connectivity index (χ0v) is 24.3. The molecular weight excluding hydrogens is 462 g/mol. The molecule has 1 aliphatic carbocycles. The fraction of sp³-hybridized carbons (Fsp3) is 0.515. The normalized spacial score (nSPS) is 20.1. The number of nitrogens with zero attached hydrogens (tertiary/aromatic N) is 1. The van der Waals surface area contributed by atoms with Crippen LogP contribution in [0.15, 0.2) is 66.7 Å². The van der Waals surface area contributed by atoms with Gasteiger partial charge in [0.25, 0.3) is 0 Å². The minimum atomic E-state index is -0.0289. The minimum absolute atomic E-state index is 0. The molecule has 4 rings (SSSR count). The Morgan fingerprint density at radius 2 is 1.53 bits per heavy atom. The lowest BCUT2D eigenvalue weighted by Gasteiger charge is -2.33. The van der Waals surface area contributed by atoms with E-state index in [4.69, 9.17) is 0 Å². The maximum atomic E-state index is 9.71. The van der Waals surface area contributed by atoms with Crippen molar-refractivity contribution in [2.45, 2.75) is 85.4 Å². The van der Waals surface area contributed by atoms with Gasteiger partial charge in [0.1, 0.15) is 0 Å². The van der Waals surface area contributed by atoms with E-state index in [1.54, 1.807) is 0 Å². The van der Waals surface area contributed by atoms with Crippen molar-refractivity contribution in [3.8, 4) is 0 Å². The van der Waals surface area contributed by atoms with Gasteiger partial charge in [-0.05, 0) is 70.5 Å². The molecule has 3 atom stereocenters. The van der Waals surface area contributed by atoms with Gasteiger partial charge >= 0.3 is 0 Å². The van der Waals surface area contributed by atoms with Crippen molar-refractivity contribution in [3.63, 3.8) is 0 Å². The molecule has 198 valence electrons. The largest absolute Gasteiger partial charge is 0.393 e. The summed E-state index contributed by atoms with van der Waals surface area (Å²) in [4.78, 5) is 2.38. The second kappa shape index (κ2) is 13.6. The molecule has 0 bridgehead atoms. The predicted octanol–water partition coefficient (Wildman–Crippen LogP) is 8.63. The number of hydrogen-bond acceptors (Lipinski definition) is 2. The van der Waals surface area contributed by atoms with E-state index in [-0.39, 0.29) is 23.9 Å². The lowest BCUT2D eigenvalue weighted by atomic mass is 9.75. The van der Waals surface area contributed by atoms with E-state index in [1.807, 2.05) is 0 Å². The smallest absolute Gasteiger partial charge is 0.0573 e. The Morgan fingerprint density at radius 3 is 2.14 bits per heavy atom. The third kappa shape index (κ3) is 8.61. The highest BCUT2D eigenvalue weighted by atomic mass is 35.5. The third-order valence-electron chi connectivity index (χ3n) is 7.58. The molecule has 0 saturated heterocycles. The first-order valence-electron chi connectivity index (χ1n) is 13.5. The van der Waals surface area contributed by atoms with E-state index in [2.05, 4.69) is 120 Å². The number of aliphatic hydroxyl groups is 1. The molecule has 0 heterocycles. The van der Waals surface area contributed by atoms with Gasteiger partial charge in [-0.2, -0.15) is 0 Å². The van der Waals surface area contributed by atoms with Gasteiger partial charge in [0.05, 0.1) is 6.10 Å². The quantitative estimate of drug-likeness (QED) is 0.372. The van der Waals surface area contributed by atoms with Crippen LogP contribution < -0.4 is 0 Å². The minimum Gasteiger partial charge on any atom is -0.393 e. The SMILES string of the molecule is CC(C)[C@@H]1CC[C@@H](C)C[C@H]1O.CN(Cc1ccc(C(C)(C)C)cc1)Cc1cccc2ccccc12.Cl. The van der Waals surface area contributed by atoms with Crippen LogP contribution in [0.25, 0.3) is 10.8 Å². The lowest BCUT2D eigenvalue weighted by molar-refractivity contribution is 0.0266. The molecule has 1 saturated carbocycles. The standard InChI is InChI=1S/C23H27N.C10H20O.ClH/c1-23(2,3)21-14-12-18(13-15-21)16-24(4)17-20-10-7-9-19-8-5-6-11-22(19)20;1-7(2)9-5-4-8(3)6-10(9)11;/h5-15H,16-17H2,1-4H3;7-11H,4-6H2,1-3H3;1H/t;8-,9+,10-;/m.1./s1. The number of fused-ring (bicyclic) bond motifs is 1. The summed E-state index contributed by atoms with van der Waals surface area (Å²) in [6.07, 6.45) is 3.52. The summed E-state index contributed by atoms with van der Waals surface area (Å²) in [5.74, 6) is 1.95. The van der Waals surface area contributed by atoms with E-state index in [9.17, 15) is 5.11 Å². The van der Waals surface area contributed by atoms with Crippen molar-refractivity contribution in [1.82, 2.24) is 4.90 Å². The average Bonchev–Trinajstić information content (AvgIpc) is 2.79. The number of halogens is 1. The molecule has 2 nitrogen and oxygen atoms in total. The van der Waals surface area contributed by atoms with E-state index >= 15 is 0 Å². The molecular formula is C33H48ClNO. The van der Waals surface area contributed by atoms with Gasteiger partial charge < -0.3 is 5.11 Å². The third-order valence-corrected chi connectivity index (χ3v) is 7.58. The van der Waals surface area contributed by atoms with Gasteiger partial charge in [-0.25, -0.2) is 0 Å². The summed E-state index contributed by atoms with van der Waals surface area (Å²) in [6, 6.07) is 24.3. The Labute approximate surface area is 226 Å². The first-order chi connectivity index (χ1) is 16.5. The van der Waals surface area contributed by atoms with Crippen molar-refractivity contribution in [1.29, 1.82) is 0 Å². The molecule has 0 unspecified atom stereocenters. The van der Waals surface area contributed by atoms with Crippen LogP contribution in [-0.4, -0.2) is 23.2 Å². The topological polar surface area (TPSA) is 23.5 Å². The van der Waals surface area contributed by atoms with Crippen LogP contribution in [-0.2, 0) is 18.5 Å². The first kappa shape index (κ1) is 30.4. The van der Waals surface area contributed by atoms with E-state index in [0.29, 0.717) is 11.8 Å². The van der Waals surface area contributed by atoms with Crippen LogP contribution in [0.2, 0.25) is 0 Å². The van der Waals surface area contributed by atoms with Gasteiger partial charge in [-0.1, -0.05) is 115 Å². The molecule has 1 N–H and O–H groups in total. The van der Waals surface area contributed by atoms with E-state index in [1.165, 1.54) is 40.3 Å². The van der Waals surface area contributed by atoms with Crippen LogP contribution >= 0.6 is 12.4 Å². The fourth-order valence-electron chi connectivity index (χ4n) is 5.35. The number of benzene rings is 3. The second-order valence-corrected chi connectivity index (χ2v) is 12.2. The van der Waals surface area contributed by atoms with Crippen LogP contribution in [0.4, 0.5) is 0 Å². The monoisotopic (exact) mass is 509 g/mol. The highest BCUT2D eigenvalue weighted by Crippen LogP contribution is 2.33. The van der Waals surface area contributed by atoms with Crippen molar-refractivity contribution in [2.75, 3.05) is 7.05 Å². The molecule has 1 fully saturated rings. The molecule has 0 amide bonds. The van der Waals surface area contributed by atoms with Gasteiger partial charge in [0.15, 0.2) is 0 Å². The molecule has 1 aliphatic rings. The van der Waals surface area contributed by atoms with E-state index < -0.39 is 0 Å². The van der Waals surface area contributed by atoms with Crippen LogP contribution in [0.1, 0.15) is 77.5 Å². The summed E-state index contributed by atoms with van der Waals surface area (Å²) >= 11 is 0. The number of aliphatic hydroxyl groups excluding tert-OH is 1. The zero-order valence-electron chi connectivity index (χ0n) is 23.5. The van der Waals surface area contributed by atoms with E-state index in [0.717, 1.165) is 25.4 Å². The van der Waals surface area contributed by atoms with Crippen LogP contribution in [0, 0.1) is 17.8 Å². The molecule has 0 aliphatic heterocycles. The molecule has 36 heavy (non-hydrogen) atoms. The first-order valence-corrected chi connectivity index (χ1v) is 13.5. The summed E-state index contributed by atoms with van der Waals surface area (Å²) in [6.45, 7) is 15.4. The Bertz CT molecular complexity index is 1050. The van der Waals surface area contributed by atoms with Crippen LogP contribution in [0.5, 0.6) is 0 Å². The Balaban J connectivity index is 0.000000321. The van der Waals surface area contributed by atoms with Crippen LogP contribution in [0.3, 0.4) is 0 Å². The molecule has 3 aromatic carbocycles. The zero-order chi connectivity index (χ0) is 25.6. The predicted molar refractivity (Wildman–Crippen MR) is 159 cm³/mol. The van der Waals surface area contributed by atoms with Gasteiger partial charge in [0, 0.05) is 13.1 Å². The fourth-order valence-corrected chi connectivity index (χ4v) is 5.35. The second-order valence-electron chi connectivity index (χ2n) is 12.2. The maximum absolute atomic E-state index is 9.71. The van der Waals surface area contributed by atoms with Crippen molar-refractivity contribution >= 4 is 23.2 Å². The summed E-state index contributed by atoms with van der Waals surface area (Å²) < 4.78 is 0. The maximum Gasteiger partial charge on any atom is 0.0573 e. The molecule has 0 spiro atoms. The van der Waals surface area contributed by atoms with Crippen molar-refractivity contribution in [2.24, 2.45) is 17.8 Å². The number of hydrogen-bond donors (Lipinski definition) is 1. The summed E-state index contributed by atoms with van der Waals surface area (Å²) in [7, 11) is 2.19. The Morgan fingerprint density at radius 1 is 0.889 bits per heavy atom. The lowest BCUT2D eigenvalue weighted by Crippen LogP contribution is -2.31. The Hall–Kier alpha value is -1.87. The average molecular weight is 510 g/mol. The van der Waals surface area contributed by atoms with Gasteiger partial charge in [0.2, 0.25) is 0 Å². The summed E-state index contributed by atoms with van der Waals surface area (Å²) in [5.41, 5.74) is 4.36. The highest BCUT2D eigenvalue weighted by molar-refractivity contribution is 5.86. The Kier molecular flexibility index (Phi) is 11.5. The highest BCUT2D eigenvalue weighted by Gasteiger charge is 2.28.